The molecule has 0 saturated carbocycles. The topological polar surface area (TPSA) is 26.3 Å². The van der Waals surface area contributed by atoms with Crippen molar-refractivity contribution in [2.45, 2.75) is 13.8 Å². The highest BCUT2D eigenvalue weighted by Crippen LogP contribution is 2.20. The Bertz CT molecular complexity index is 486. The van der Waals surface area contributed by atoms with Gasteiger partial charge in [-0.25, -0.2) is 4.39 Å². The number of carbonyl (C=O) groups is 1. The second-order valence-corrected chi connectivity index (χ2v) is 4.59. The third-order valence-corrected chi connectivity index (χ3v) is 2.65. The Kier molecular flexibility index (Phi) is 5.28. The zero-order chi connectivity index (χ0) is 13.7. The van der Waals surface area contributed by atoms with Crippen LogP contribution in [-0.2, 0) is 9.53 Å². The third kappa shape index (κ3) is 4.11. The van der Waals surface area contributed by atoms with Gasteiger partial charge in [-0.05, 0) is 43.7 Å². The number of Topliss-reactive ketones (excluding diaryl/α,β-unsaturated/α-hetero) is 1. The number of ketones is 1. The molecule has 0 fully saturated rings. The molecule has 18 heavy (non-hydrogen) atoms. The fourth-order valence-corrected chi connectivity index (χ4v) is 1.94. The van der Waals surface area contributed by atoms with Crippen molar-refractivity contribution in [1.82, 2.24) is 0 Å². The maximum atomic E-state index is 13.2. The molecule has 4 heteroatoms. The standard InChI is InChI=1S/C14H14BrFO2/c1-4-18-10(3)14(9(2)17)7-11-5-12(15)8-13(16)6-11/h5-8H,3-4H2,1-2H3/b14-7+. The van der Waals surface area contributed by atoms with Crippen LogP contribution in [0.1, 0.15) is 19.4 Å². The summed E-state index contributed by atoms with van der Waals surface area (Å²) in [4.78, 5) is 11.5. The van der Waals surface area contributed by atoms with E-state index >= 15 is 0 Å². The van der Waals surface area contributed by atoms with Crippen LogP contribution in [0.3, 0.4) is 0 Å². The molecular formula is C14H14BrFO2. The Balaban J connectivity index is 3.16. The molecule has 0 spiro atoms. The van der Waals surface area contributed by atoms with E-state index in [1.165, 1.54) is 19.1 Å². The van der Waals surface area contributed by atoms with Crippen molar-refractivity contribution in [1.29, 1.82) is 0 Å². The maximum Gasteiger partial charge on any atom is 0.163 e. The number of hydrogen-bond donors (Lipinski definition) is 0. The van der Waals surface area contributed by atoms with Crippen molar-refractivity contribution >= 4 is 27.8 Å². The van der Waals surface area contributed by atoms with Gasteiger partial charge in [-0.15, -0.1) is 0 Å². The summed E-state index contributed by atoms with van der Waals surface area (Å²) in [7, 11) is 0. The first kappa shape index (κ1) is 14.6. The molecule has 0 aliphatic carbocycles. The Hall–Kier alpha value is -1.42. The highest BCUT2D eigenvalue weighted by atomic mass is 79.9. The van der Waals surface area contributed by atoms with Crippen LogP contribution in [0.4, 0.5) is 4.39 Å². The molecule has 0 saturated heterocycles. The second-order valence-electron chi connectivity index (χ2n) is 3.67. The predicted molar refractivity (Wildman–Crippen MR) is 73.5 cm³/mol. The molecule has 0 amide bonds. The lowest BCUT2D eigenvalue weighted by molar-refractivity contribution is -0.113. The lowest BCUT2D eigenvalue weighted by Gasteiger charge is -2.09. The Labute approximate surface area is 114 Å². The number of halogens is 2. The average Bonchev–Trinajstić information content (AvgIpc) is 2.24. The van der Waals surface area contributed by atoms with Gasteiger partial charge >= 0.3 is 0 Å². The molecule has 0 aliphatic rings. The van der Waals surface area contributed by atoms with Crippen LogP contribution in [0.15, 0.2) is 40.6 Å². The monoisotopic (exact) mass is 312 g/mol. The van der Waals surface area contributed by atoms with Gasteiger partial charge < -0.3 is 4.74 Å². The average molecular weight is 313 g/mol. The Morgan fingerprint density at radius 3 is 2.67 bits per heavy atom. The molecule has 2 nitrogen and oxygen atoms in total. The van der Waals surface area contributed by atoms with Crippen molar-refractivity contribution in [2.75, 3.05) is 6.61 Å². The van der Waals surface area contributed by atoms with Gasteiger partial charge in [0.05, 0.1) is 12.2 Å². The van der Waals surface area contributed by atoms with E-state index in [4.69, 9.17) is 4.74 Å². The smallest absolute Gasteiger partial charge is 0.163 e. The highest BCUT2D eigenvalue weighted by molar-refractivity contribution is 9.10. The minimum Gasteiger partial charge on any atom is -0.494 e. The Morgan fingerprint density at radius 1 is 1.50 bits per heavy atom. The molecule has 0 aliphatic heterocycles. The lowest BCUT2D eigenvalue weighted by Crippen LogP contribution is -2.03. The SMILES string of the molecule is C=C(OCC)/C(=C/c1cc(F)cc(Br)c1)C(C)=O. The van der Waals surface area contributed by atoms with Crippen LogP contribution in [-0.4, -0.2) is 12.4 Å². The zero-order valence-electron chi connectivity index (χ0n) is 10.3. The molecule has 0 aromatic heterocycles. The summed E-state index contributed by atoms with van der Waals surface area (Å²) in [5.74, 6) is -0.250. The summed E-state index contributed by atoms with van der Waals surface area (Å²) in [5.41, 5.74) is 0.919. The fraction of sp³-hybridized carbons (Fsp3) is 0.214. The fourth-order valence-electron chi connectivity index (χ4n) is 1.46. The quantitative estimate of drug-likeness (QED) is 0.464. The molecule has 0 radical (unpaired) electrons. The summed E-state index contributed by atoms with van der Waals surface area (Å²) in [5, 5.41) is 0. The highest BCUT2D eigenvalue weighted by Gasteiger charge is 2.10. The van der Waals surface area contributed by atoms with Crippen LogP contribution in [0, 0.1) is 5.82 Å². The molecule has 0 N–H and O–H groups in total. The summed E-state index contributed by atoms with van der Waals surface area (Å²) >= 11 is 3.20. The van der Waals surface area contributed by atoms with Crippen LogP contribution in [0.2, 0.25) is 0 Å². The molecule has 0 heterocycles. The van der Waals surface area contributed by atoms with Crippen molar-refractivity contribution in [3.05, 3.63) is 52.0 Å². The molecule has 1 rings (SSSR count). The van der Waals surface area contributed by atoms with Gasteiger partial charge in [0.15, 0.2) is 5.78 Å². The largest absolute Gasteiger partial charge is 0.494 e. The number of carbonyl (C=O) groups excluding carboxylic acids is 1. The van der Waals surface area contributed by atoms with Gasteiger partial charge in [0, 0.05) is 4.47 Å². The first-order valence-corrected chi connectivity index (χ1v) is 6.24. The molecule has 0 bridgehead atoms. The summed E-state index contributed by atoms with van der Waals surface area (Å²) in [6, 6.07) is 4.40. The molecular weight excluding hydrogens is 299 g/mol. The second kappa shape index (κ2) is 6.50. The number of rotatable bonds is 5. The first-order valence-electron chi connectivity index (χ1n) is 5.44. The van der Waals surface area contributed by atoms with E-state index in [0.29, 0.717) is 28.0 Å². The Morgan fingerprint density at radius 2 is 2.17 bits per heavy atom. The van der Waals surface area contributed by atoms with Gasteiger partial charge in [0.25, 0.3) is 0 Å². The molecule has 1 aromatic rings. The third-order valence-electron chi connectivity index (χ3n) is 2.19. The molecule has 0 atom stereocenters. The molecule has 1 aromatic carbocycles. The number of ether oxygens (including phenoxy) is 1. The van der Waals surface area contributed by atoms with Gasteiger partial charge in [-0.3, -0.25) is 4.79 Å². The van der Waals surface area contributed by atoms with E-state index in [1.54, 1.807) is 12.1 Å². The minimum absolute atomic E-state index is 0.172. The van der Waals surface area contributed by atoms with E-state index in [1.807, 2.05) is 6.92 Å². The number of allylic oxidation sites excluding steroid dienone is 1. The number of benzene rings is 1. The molecule has 0 unspecified atom stereocenters. The number of hydrogen-bond acceptors (Lipinski definition) is 2. The van der Waals surface area contributed by atoms with E-state index in [0.717, 1.165) is 0 Å². The first-order chi connectivity index (χ1) is 8.43. The lowest BCUT2D eigenvalue weighted by atomic mass is 10.1. The summed E-state index contributed by atoms with van der Waals surface area (Å²) in [6.07, 6.45) is 1.56. The van der Waals surface area contributed by atoms with Gasteiger partial charge in [-0.2, -0.15) is 0 Å². The summed E-state index contributed by atoms with van der Waals surface area (Å²) in [6.45, 7) is 7.35. The predicted octanol–water partition coefficient (Wildman–Crippen LogP) is 4.11. The van der Waals surface area contributed by atoms with Crippen LogP contribution in [0.25, 0.3) is 6.08 Å². The van der Waals surface area contributed by atoms with Crippen molar-refractivity contribution < 1.29 is 13.9 Å². The normalized spacial score (nSPS) is 11.2. The van der Waals surface area contributed by atoms with E-state index in [2.05, 4.69) is 22.5 Å². The minimum atomic E-state index is -0.374. The van der Waals surface area contributed by atoms with Crippen LogP contribution >= 0.6 is 15.9 Å². The summed E-state index contributed by atoms with van der Waals surface area (Å²) < 4.78 is 19.0. The van der Waals surface area contributed by atoms with Gasteiger partial charge in [0.2, 0.25) is 0 Å². The van der Waals surface area contributed by atoms with Crippen LogP contribution < -0.4 is 0 Å². The van der Waals surface area contributed by atoms with E-state index in [9.17, 15) is 9.18 Å². The van der Waals surface area contributed by atoms with Crippen LogP contribution in [0.5, 0.6) is 0 Å². The van der Waals surface area contributed by atoms with E-state index < -0.39 is 0 Å². The van der Waals surface area contributed by atoms with E-state index in [-0.39, 0.29) is 11.6 Å². The maximum absolute atomic E-state index is 13.2. The van der Waals surface area contributed by atoms with Crippen molar-refractivity contribution in [3.8, 4) is 0 Å². The van der Waals surface area contributed by atoms with Gasteiger partial charge in [-0.1, -0.05) is 22.5 Å². The van der Waals surface area contributed by atoms with Gasteiger partial charge in [0.1, 0.15) is 11.6 Å². The van der Waals surface area contributed by atoms with Crippen molar-refractivity contribution in [2.24, 2.45) is 0 Å². The van der Waals surface area contributed by atoms with Crippen molar-refractivity contribution in [3.63, 3.8) is 0 Å². The zero-order valence-corrected chi connectivity index (χ0v) is 11.9. The molecule has 96 valence electrons.